The van der Waals surface area contributed by atoms with E-state index in [-0.39, 0.29) is 5.88 Å². The summed E-state index contributed by atoms with van der Waals surface area (Å²) in [6.07, 6.45) is 0. The molecular weight excluding hydrogens is 218 g/mol. The van der Waals surface area contributed by atoms with Crippen LogP contribution in [0.4, 0.5) is 5.69 Å². The maximum Gasteiger partial charge on any atom is 0.115 e. The lowest BCUT2D eigenvalue weighted by Crippen LogP contribution is -2.12. The Kier molecular flexibility index (Phi) is 2.65. The monoisotopic (exact) mass is 225 g/mol. The number of nitrogens with two attached hydrogens (primary N) is 1. The smallest absolute Gasteiger partial charge is 0.115 e. The van der Waals surface area contributed by atoms with E-state index in [4.69, 9.17) is 17.3 Å². The SMILES string of the molecule is NC(CCl)=Nc1cccc2nscc12. The van der Waals surface area contributed by atoms with E-state index in [2.05, 4.69) is 9.37 Å². The summed E-state index contributed by atoms with van der Waals surface area (Å²) < 4.78 is 4.21. The molecule has 2 aromatic rings. The second kappa shape index (κ2) is 3.94. The van der Waals surface area contributed by atoms with Crippen molar-refractivity contribution >= 4 is 45.6 Å². The summed E-state index contributed by atoms with van der Waals surface area (Å²) in [7, 11) is 0. The number of alkyl halides is 1. The molecule has 3 nitrogen and oxygen atoms in total. The van der Waals surface area contributed by atoms with Gasteiger partial charge in [-0.05, 0) is 23.7 Å². The van der Waals surface area contributed by atoms with Crippen LogP contribution in [0.5, 0.6) is 0 Å². The molecule has 0 radical (unpaired) electrons. The van der Waals surface area contributed by atoms with Crippen LogP contribution in [-0.2, 0) is 0 Å². The number of amidine groups is 1. The number of benzene rings is 1. The summed E-state index contributed by atoms with van der Waals surface area (Å²) in [6, 6.07) is 5.75. The largest absolute Gasteiger partial charge is 0.386 e. The van der Waals surface area contributed by atoms with Gasteiger partial charge in [0, 0.05) is 10.8 Å². The van der Waals surface area contributed by atoms with Gasteiger partial charge in [0.1, 0.15) is 5.84 Å². The third-order valence-electron chi connectivity index (χ3n) is 1.78. The van der Waals surface area contributed by atoms with Crippen LogP contribution in [0, 0.1) is 0 Å². The fourth-order valence-corrected chi connectivity index (χ4v) is 1.89. The molecule has 72 valence electrons. The lowest BCUT2D eigenvalue weighted by Gasteiger charge is -1.97. The molecule has 14 heavy (non-hydrogen) atoms. The standard InChI is InChI=1S/C9H8ClN3S/c10-4-9(11)12-7-2-1-3-8-6(7)5-14-13-8/h1-3,5H,4H2,(H2,11,12). The molecule has 0 saturated carbocycles. The molecule has 1 heterocycles. The highest BCUT2D eigenvalue weighted by molar-refractivity contribution is 7.04. The summed E-state index contributed by atoms with van der Waals surface area (Å²) in [5, 5.41) is 2.97. The molecule has 0 aliphatic heterocycles. The maximum absolute atomic E-state index is 5.57. The first-order valence-corrected chi connectivity index (χ1v) is 5.40. The minimum atomic E-state index is 0.244. The van der Waals surface area contributed by atoms with Crippen molar-refractivity contribution in [3.05, 3.63) is 23.6 Å². The van der Waals surface area contributed by atoms with Crippen molar-refractivity contribution in [1.82, 2.24) is 4.37 Å². The summed E-state index contributed by atoms with van der Waals surface area (Å²) in [4.78, 5) is 4.21. The van der Waals surface area contributed by atoms with E-state index in [9.17, 15) is 0 Å². The van der Waals surface area contributed by atoms with Crippen LogP contribution >= 0.6 is 23.1 Å². The summed E-state index contributed by atoms with van der Waals surface area (Å²) in [6.45, 7) is 0. The van der Waals surface area contributed by atoms with E-state index in [0.29, 0.717) is 5.84 Å². The van der Waals surface area contributed by atoms with Crippen molar-refractivity contribution in [2.24, 2.45) is 10.7 Å². The zero-order valence-electron chi connectivity index (χ0n) is 7.27. The number of aliphatic imine (C=N–C) groups is 1. The van der Waals surface area contributed by atoms with Gasteiger partial charge in [0.2, 0.25) is 0 Å². The van der Waals surface area contributed by atoms with Gasteiger partial charge in [0.15, 0.2) is 0 Å². The van der Waals surface area contributed by atoms with Gasteiger partial charge < -0.3 is 5.73 Å². The second-order valence-electron chi connectivity index (χ2n) is 2.76. The fraction of sp³-hybridized carbons (Fsp3) is 0.111. The summed E-state index contributed by atoms with van der Waals surface area (Å²) in [5.74, 6) is 0.666. The highest BCUT2D eigenvalue weighted by Crippen LogP contribution is 2.26. The molecule has 0 spiro atoms. The van der Waals surface area contributed by atoms with Crippen molar-refractivity contribution in [2.45, 2.75) is 0 Å². The van der Waals surface area contributed by atoms with Crippen LogP contribution in [-0.4, -0.2) is 16.1 Å². The number of nitrogens with zero attached hydrogens (tertiary/aromatic N) is 2. The van der Waals surface area contributed by atoms with Gasteiger partial charge in [-0.2, -0.15) is 4.37 Å². The molecule has 0 atom stereocenters. The highest BCUT2D eigenvalue weighted by Gasteiger charge is 2.01. The molecule has 2 N–H and O–H groups in total. The molecule has 0 amide bonds. The van der Waals surface area contributed by atoms with E-state index in [1.54, 1.807) is 0 Å². The van der Waals surface area contributed by atoms with Crippen molar-refractivity contribution in [2.75, 3.05) is 5.88 Å². The van der Waals surface area contributed by atoms with Gasteiger partial charge in [-0.1, -0.05) is 6.07 Å². The van der Waals surface area contributed by atoms with E-state index in [1.807, 2.05) is 23.6 Å². The van der Waals surface area contributed by atoms with Crippen LogP contribution in [0.25, 0.3) is 10.9 Å². The van der Waals surface area contributed by atoms with E-state index < -0.39 is 0 Å². The van der Waals surface area contributed by atoms with Gasteiger partial charge >= 0.3 is 0 Å². The third-order valence-corrected chi connectivity index (χ3v) is 2.70. The van der Waals surface area contributed by atoms with Gasteiger partial charge in [0.05, 0.1) is 17.1 Å². The van der Waals surface area contributed by atoms with Crippen molar-refractivity contribution in [3.63, 3.8) is 0 Å². The Labute approximate surface area is 90.4 Å². The fourth-order valence-electron chi connectivity index (χ4n) is 1.16. The summed E-state index contributed by atoms with van der Waals surface area (Å²) in [5.41, 5.74) is 7.34. The first-order valence-electron chi connectivity index (χ1n) is 4.03. The minimum Gasteiger partial charge on any atom is -0.386 e. The summed E-state index contributed by atoms with van der Waals surface area (Å²) >= 11 is 6.97. The molecule has 0 saturated heterocycles. The first kappa shape index (κ1) is 9.43. The molecular formula is C9H8ClN3S. The molecule has 1 aromatic carbocycles. The quantitative estimate of drug-likeness (QED) is 0.485. The second-order valence-corrected chi connectivity index (χ2v) is 3.66. The van der Waals surface area contributed by atoms with Gasteiger partial charge in [-0.15, -0.1) is 11.6 Å². The van der Waals surface area contributed by atoms with Gasteiger partial charge in [-0.25, -0.2) is 4.99 Å². The Morgan fingerprint density at radius 1 is 1.57 bits per heavy atom. The molecule has 5 heteroatoms. The van der Waals surface area contributed by atoms with Crippen molar-refractivity contribution < 1.29 is 0 Å². The average Bonchev–Trinajstić information content (AvgIpc) is 2.66. The molecule has 1 aromatic heterocycles. The number of rotatable bonds is 2. The van der Waals surface area contributed by atoms with E-state index >= 15 is 0 Å². The van der Waals surface area contributed by atoms with E-state index in [1.165, 1.54) is 11.5 Å². The Morgan fingerprint density at radius 3 is 3.21 bits per heavy atom. The molecule has 0 unspecified atom stereocenters. The Hall–Kier alpha value is -1.13. The minimum absolute atomic E-state index is 0.244. The topological polar surface area (TPSA) is 51.3 Å². The number of fused-ring (bicyclic) bond motifs is 1. The Bertz CT molecular complexity index is 478. The molecule has 0 fully saturated rings. The number of hydrogen-bond donors (Lipinski definition) is 1. The zero-order valence-corrected chi connectivity index (χ0v) is 8.85. The van der Waals surface area contributed by atoms with Crippen LogP contribution in [0.15, 0.2) is 28.6 Å². The Morgan fingerprint density at radius 2 is 2.43 bits per heavy atom. The predicted molar refractivity (Wildman–Crippen MR) is 61.6 cm³/mol. The number of aromatic nitrogens is 1. The third kappa shape index (κ3) is 1.71. The lowest BCUT2D eigenvalue weighted by atomic mass is 10.2. The molecule has 2 rings (SSSR count). The van der Waals surface area contributed by atoms with E-state index in [0.717, 1.165) is 16.6 Å². The van der Waals surface area contributed by atoms with Crippen LogP contribution in [0.1, 0.15) is 0 Å². The van der Waals surface area contributed by atoms with Crippen LogP contribution in [0.2, 0.25) is 0 Å². The van der Waals surface area contributed by atoms with Crippen LogP contribution in [0.3, 0.4) is 0 Å². The lowest BCUT2D eigenvalue weighted by molar-refractivity contribution is 1.48. The molecule has 0 aliphatic rings. The van der Waals surface area contributed by atoms with Gasteiger partial charge in [0.25, 0.3) is 0 Å². The molecule has 0 aliphatic carbocycles. The predicted octanol–water partition coefficient (Wildman–Crippen LogP) is 2.52. The van der Waals surface area contributed by atoms with Gasteiger partial charge in [-0.3, -0.25) is 0 Å². The maximum atomic E-state index is 5.57. The molecule has 0 bridgehead atoms. The first-order chi connectivity index (χ1) is 6.81. The Balaban J connectivity index is 2.56. The van der Waals surface area contributed by atoms with Crippen LogP contribution < -0.4 is 5.73 Å². The zero-order chi connectivity index (χ0) is 9.97. The average molecular weight is 226 g/mol. The highest BCUT2D eigenvalue weighted by atomic mass is 35.5. The number of hydrogen-bond acceptors (Lipinski definition) is 3. The van der Waals surface area contributed by atoms with Crippen molar-refractivity contribution in [1.29, 1.82) is 0 Å². The van der Waals surface area contributed by atoms with Crippen molar-refractivity contribution in [3.8, 4) is 0 Å². The normalized spacial score (nSPS) is 12.2. The number of halogens is 1.